The molecule has 0 aliphatic carbocycles. The highest BCUT2D eigenvalue weighted by molar-refractivity contribution is 5.68. The first-order valence-corrected chi connectivity index (χ1v) is 5.01. The van der Waals surface area contributed by atoms with Gasteiger partial charge in [-0.3, -0.25) is 4.79 Å². The van der Waals surface area contributed by atoms with E-state index in [9.17, 15) is 4.79 Å². The molecule has 90 valence electrons. The SMILES string of the molecule is Cn1nnnc1NC(CC(=O)O)C(C)(C)C. The molecular formula is C9H17N5O2. The minimum atomic E-state index is -0.845. The van der Waals surface area contributed by atoms with Gasteiger partial charge in [0.2, 0.25) is 5.95 Å². The van der Waals surface area contributed by atoms with Gasteiger partial charge in [-0.2, -0.15) is 0 Å². The summed E-state index contributed by atoms with van der Waals surface area (Å²) < 4.78 is 1.47. The molecule has 7 heteroatoms. The lowest BCUT2D eigenvalue weighted by molar-refractivity contribution is -0.137. The highest BCUT2D eigenvalue weighted by atomic mass is 16.4. The van der Waals surface area contributed by atoms with E-state index in [-0.39, 0.29) is 17.9 Å². The van der Waals surface area contributed by atoms with Crippen molar-refractivity contribution >= 4 is 11.9 Å². The maximum absolute atomic E-state index is 10.8. The summed E-state index contributed by atoms with van der Waals surface area (Å²) in [5, 5.41) is 22.8. The zero-order valence-electron chi connectivity index (χ0n) is 9.93. The van der Waals surface area contributed by atoms with Crippen LogP contribution in [0.1, 0.15) is 27.2 Å². The van der Waals surface area contributed by atoms with E-state index in [0.29, 0.717) is 5.95 Å². The molecule has 0 aromatic carbocycles. The molecule has 0 radical (unpaired) electrons. The highest BCUT2D eigenvalue weighted by Gasteiger charge is 2.28. The number of hydrogen-bond acceptors (Lipinski definition) is 5. The summed E-state index contributed by atoms with van der Waals surface area (Å²) in [7, 11) is 1.70. The predicted molar refractivity (Wildman–Crippen MR) is 57.9 cm³/mol. The lowest BCUT2D eigenvalue weighted by Crippen LogP contribution is -2.36. The second kappa shape index (κ2) is 4.46. The van der Waals surface area contributed by atoms with Gasteiger partial charge in [-0.25, -0.2) is 4.68 Å². The zero-order chi connectivity index (χ0) is 12.3. The molecule has 1 unspecified atom stereocenters. The first-order chi connectivity index (χ1) is 7.30. The molecule has 0 amide bonds. The van der Waals surface area contributed by atoms with Crippen LogP contribution in [0.25, 0.3) is 0 Å². The Labute approximate surface area is 93.8 Å². The average molecular weight is 227 g/mol. The molecule has 0 spiro atoms. The molecule has 0 bridgehead atoms. The fraction of sp³-hybridized carbons (Fsp3) is 0.778. The third-order valence-corrected chi connectivity index (χ3v) is 2.35. The number of anilines is 1. The monoisotopic (exact) mass is 227 g/mol. The summed E-state index contributed by atoms with van der Waals surface area (Å²) in [5.41, 5.74) is -0.190. The third kappa shape index (κ3) is 3.18. The van der Waals surface area contributed by atoms with Gasteiger partial charge < -0.3 is 10.4 Å². The van der Waals surface area contributed by atoms with Crippen molar-refractivity contribution in [3.8, 4) is 0 Å². The lowest BCUT2D eigenvalue weighted by Gasteiger charge is -2.30. The van der Waals surface area contributed by atoms with Crippen LogP contribution in [0.5, 0.6) is 0 Å². The average Bonchev–Trinajstić information content (AvgIpc) is 2.48. The minimum Gasteiger partial charge on any atom is -0.481 e. The number of rotatable bonds is 4. The summed E-state index contributed by atoms with van der Waals surface area (Å²) in [6, 6.07) is -0.227. The van der Waals surface area contributed by atoms with Crippen molar-refractivity contribution in [2.75, 3.05) is 5.32 Å². The first-order valence-electron chi connectivity index (χ1n) is 5.01. The summed E-state index contributed by atoms with van der Waals surface area (Å²) in [5.74, 6) is -0.372. The Morgan fingerprint density at radius 1 is 1.56 bits per heavy atom. The van der Waals surface area contributed by atoms with Crippen molar-refractivity contribution in [2.45, 2.75) is 33.2 Å². The zero-order valence-corrected chi connectivity index (χ0v) is 9.93. The van der Waals surface area contributed by atoms with E-state index in [2.05, 4.69) is 20.8 Å². The standard InChI is InChI=1S/C9H17N5O2/c1-9(2,3)6(5-7(15)16)10-8-11-12-13-14(8)4/h6H,5H2,1-4H3,(H,15,16)(H,10,11,13). The summed E-state index contributed by atoms with van der Waals surface area (Å²) in [6.45, 7) is 5.91. The van der Waals surface area contributed by atoms with Crippen LogP contribution in [-0.2, 0) is 11.8 Å². The van der Waals surface area contributed by atoms with Gasteiger partial charge in [-0.15, -0.1) is 0 Å². The molecule has 1 heterocycles. The summed E-state index contributed by atoms with van der Waals surface area (Å²) >= 11 is 0. The van der Waals surface area contributed by atoms with E-state index in [1.54, 1.807) is 7.05 Å². The van der Waals surface area contributed by atoms with Crippen LogP contribution in [0.4, 0.5) is 5.95 Å². The Morgan fingerprint density at radius 3 is 2.56 bits per heavy atom. The summed E-state index contributed by atoms with van der Waals surface area (Å²) in [6.07, 6.45) is 0.0242. The normalized spacial score (nSPS) is 13.5. The van der Waals surface area contributed by atoms with Crippen LogP contribution >= 0.6 is 0 Å². The van der Waals surface area contributed by atoms with Gasteiger partial charge in [-0.05, 0) is 15.8 Å². The Morgan fingerprint density at radius 2 is 2.19 bits per heavy atom. The lowest BCUT2D eigenvalue weighted by atomic mass is 9.85. The number of hydrogen-bond donors (Lipinski definition) is 2. The Hall–Kier alpha value is -1.66. The van der Waals surface area contributed by atoms with E-state index >= 15 is 0 Å². The van der Waals surface area contributed by atoms with Crippen molar-refractivity contribution < 1.29 is 9.90 Å². The number of nitrogens with one attached hydrogen (secondary N) is 1. The number of carboxylic acid groups (broad SMARTS) is 1. The van der Waals surface area contributed by atoms with Crippen molar-refractivity contribution in [1.82, 2.24) is 20.2 Å². The van der Waals surface area contributed by atoms with Crippen LogP contribution in [0.15, 0.2) is 0 Å². The molecule has 0 saturated heterocycles. The number of aryl methyl sites for hydroxylation is 1. The quantitative estimate of drug-likeness (QED) is 0.778. The molecule has 2 N–H and O–H groups in total. The fourth-order valence-electron chi connectivity index (χ4n) is 1.26. The van der Waals surface area contributed by atoms with E-state index < -0.39 is 5.97 Å². The molecule has 7 nitrogen and oxygen atoms in total. The van der Waals surface area contributed by atoms with Crippen molar-refractivity contribution in [3.05, 3.63) is 0 Å². The molecule has 1 atom stereocenters. The van der Waals surface area contributed by atoms with Gasteiger partial charge in [-0.1, -0.05) is 25.9 Å². The molecule has 1 aromatic rings. The second-order valence-electron chi connectivity index (χ2n) is 4.79. The molecule has 0 fully saturated rings. The maximum Gasteiger partial charge on any atom is 0.305 e. The topological polar surface area (TPSA) is 92.9 Å². The number of nitrogens with zero attached hydrogens (tertiary/aromatic N) is 4. The van der Waals surface area contributed by atoms with Crippen LogP contribution in [0.2, 0.25) is 0 Å². The van der Waals surface area contributed by atoms with Crippen LogP contribution in [-0.4, -0.2) is 37.3 Å². The van der Waals surface area contributed by atoms with Crippen molar-refractivity contribution in [1.29, 1.82) is 0 Å². The second-order valence-corrected chi connectivity index (χ2v) is 4.79. The smallest absolute Gasteiger partial charge is 0.305 e. The van der Waals surface area contributed by atoms with Gasteiger partial charge in [0.15, 0.2) is 0 Å². The Balaban J connectivity index is 2.79. The van der Waals surface area contributed by atoms with Gasteiger partial charge in [0, 0.05) is 13.1 Å². The first kappa shape index (κ1) is 12.4. The summed E-state index contributed by atoms with van der Waals surface area (Å²) in [4.78, 5) is 10.8. The van der Waals surface area contributed by atoms with Crippen LogP contribution in [0.3, 0.4) is 0 Å². The Bertz CT molecular complexity index is 368. The van der Waals surface area contributed by atoms with Gasteiger partial charge >= 0.3 is 5.97 Å². The molecule has 1 rings (SSSR count). The van der Waals surface area contributed by atoms with E-state index in [0.717, 1.165) is 0 Å². The van der Waals surface area contributed by atoms with E-state index in [1.165, 1.54) is 4.68 Å². The Kier molecular flexibility index (Phi) is 3.46. The predicted octanol–water partition coefficient (Wildman–Crippen LogP) is 0.511. The van der Waals surface area contributed by atoms with Gasteiger partial charge in [0.1, 0.15) is 0 Å². The maximum atomic E-state index is 10.8. The van der Waals surface area contributed by atoms with E-state index in [1.807, 2.05) is 20.8 Å². The number of aromatic nitrogens is 4. The van der Waals surface area contributed by atoms with E-state index in [4.69, 9.17) is 5.11 Å². The molecule has 16 heavy (non-hydrogen) atoms. The largest absolute Gasteiger partial charge is 0.481 e. The number of carbonyl (C=O) groups is 1. The molecule has 1 aromatic heterocycles. The molecule has 0 saturated carbocycles. The fourth-order valence-corrected chi connectivity index (χ4v) is 1.26. The molecule has 0 aliphatic heterocycles. The van der Waals surface area contributed by atoms with Crippen molar-refractivity contribution in [3.63, 3.8) is 0 Å². The minimum absolute atomic E-state index is 0.0242. The number of carboxylic acids is 1. The van der Waals surface area contributed by atoms with Gasteiger partial charge in [0.05, 0.1) is 6.42 Å². The number of tetrazole rings is 1. The highest BCUT2D eigenvalue weighted by Crippen LogP contribution is 2.24. The van der Waals surface area contributed by atoms with Crippen LogP contribution in [0, 0.1) is 5.41 Å². The number of aliphatic carboxylic acids is 1. The van der Waals surface area contributed by atoms with Crippen LogP contribution < -0.4 is 5.32 Å². The molecular weight excluding hydrogens is 210 g/mol. The molecule has 0 aliphatic rings. The van der Waals surface area contributed by atoms with Crippen molar-refractivity contribution in [2.24, 2.45) is 12.5 Å². The van der Waals surface area contributed by atoms with Gasteiger partial charge in [0.25, 0.3) is 0 Å². The third-order valence-electron chi connectivity index (χ3n) is 2.35.